The molecule has 2 aliphatic heterocycles. The Kier molecular flexibility index (Phi) is 4.26. The van der Waals surface area contributed by atoms with Gasteiger partial charge in [0.2, 0.25) is 0 Å². The number of likely N-dealkylation sites (tertiary alicyclic amines) is 1. The van der Waals surface area contributed by atoms with Crippen LogP contribution in [0.25, 0.3) is 0 Å². The molecule has 2 fully saturated rings. The van der Waals surface area contributed by atoms with E-state index in [4.69, 9.17) is 0 Å². The molecule has 2 saturated heterocycles. The minimum absolute atomic E-state index is 0.816. The second-order valence-electron chi connectivity index (χ2n) is 5.90. The molecule has 0 aliphatic carbocycles. The fourth-order valence-corrected chi connectivity index (χ4v) is 3.85. The lowest BCUT2D eigenvalue weighted by Gasteiger charge is -2.48. The lowest BCUT2D eigenvalue weighted by atomic mass is 9.83. The van der Waals surface area contributed by atoms with Crippen LogP contribution in [0.2, 0.25) is 0 Å². The summed E-state index contributed by atoms with van der Waals surface area (Å²) < 4.78 is 0. The molecule has 2 aliphatic rings. The van der Waals surface area contributed by atoms with E-state index in [1.54, 1.807) is 0 Å². The van der Waals surface area contributed by atoms with Crippen LogP contribution in [-0.2, 0) is 0 Å². The third kappa shape index (κ3) is 2.43. The Bertz CT molecular complexity index is 207. The van der Waals surface area contributed by atoms with Crippen LogP contribution in [0.1, 0.15) is 46.5 Å². The molecule has 0 aromatic carbocycles. The van der Waals surface area contributed by atoms with Crippen molar-refractivity contribution >= 4 is 0 Å². The normalized spacial score (nSPS) is 42.2. The molecule has 0 spiro atoms. The quantitative estimate of drug-likeness (QED) is 0.775. The smallest absolute Gasteiger partial charge is 0.0174 e. The van der Waals surface area contributed by atoms with E-state index in [2.05, 4.69) is 31.0 Å². The number of piperidine rings is 2. The molecule has 1 N–H and O–H groups in total. The van der Waals surface area contributed by atoms with Crippen molar-refractivity contribution in [1.29, 1.82) is 0 Å². The van der Waals surface area contributed by atoms with Crippen molar-refractivity contribution in [1.82, 2.24) is 10.2 Å². The Morgan fingerprint density at radius 1 is 1.12 bits per heavy atom. The number of nitrogens with zero attached hydrogens (tertiary/aromatic N) is 1. The van der Waals surface area contributed by atoms with E-state index in [1.165, 1.54) is 45.3 Å². The minimum atomic E-state index is 0.816. The van der Waals surface area contributed by atoms with Gasteiger partial charge in [-0.25, -0.2) is 0 Å². The Balaban J connectivity index is 2.07. The number of hydrogen-bond acceptors (Lipinski definition) is 2. The van der Waals surface area contributed by atoms with E-state index >= 15 is 0 Å². The van der Waals surface area contributed by atoms with E-state index in [1.807, 2.05) is 0 Å². The molecule has 0 saturated carbocycles. The molecule has 16 heavy (non-hydrogen) atoms. The molecule has 0 radical (unpaired) electrons. The Morgan fingerprint density at radius 2 is 1.81 bits per heavy atom. The van der Waals surface area contributed by atoms with Crippen LogP contribution in [0.5, 0.6) is 0 Å². The fraction of sp³-hybridized carbons (Fsp3) is 1.00. The first-order valence-electron chi connectivity index (χ1n) is 7.20. The average Bonchev–Trinajstić information content (AvgIpc) is 2.29. The largest absolute Gasteiger partial charge is 0.316 e. The molecule has 94 valence electrons. The molecule has 2 heteroatoms. The van der Waals surface area contributed by atoms with Gasteiger partial charge in [-0.05, 0) is 50.7 Å². The molecular weight excluding hydrogens is 196 g/mol. The topological polar surface area (TPSA) is 15.3 Å². The summed E-state index contributed by atoms with van der Waals surface area (Å²) >= 11 is 0. The highest BCUT2D eigenvalue weighted by Gasteiger charge is 2.36. The fourth-order valence-electron chi connectivity index (χ4n) is 3.85. The molecule has 0 aromatic rings. The van der Waals surface area contributed by atoms with Crippen LogP contribution in [0.4, 0.5) is 0 Å². The van der Waals surface area contributed by atoms with E-state index in [-0.39, 0.29) is 0 Å². The van der Waals surface area contributed by atoms with Gasteiger partial charge in [-0.2, -0.15) is 0 Å². The van der Waals surface area contributed by atoms with Crippen LogP contribution >= 0.6 is 0 Å². The van der Waals surface area contributed by atoms with Crippen molar-refractivity contribution < 1.29 is 0 Å². The molecule has 2 rings (SSSR count). The van der Waals surface area contributed by atoms with Gasteiger partial charge in [0, 0.05) is 12.1 Å². The van der Waals surface area contributed by atoms with Gasteiger partial charge in [0.05, 0.1) is 0 Å². The van der Waals surface area contributed by atoms with E-state index in [9.17, 15) is 0 Å². The first-order valence-corrected chi connectivity index (χ1v) is 7.20. The lowest BCUT2D eigenvalue weighted by Crippen LogP contribution is -2.57. The summed E-state index contributed by atoms with van der Waals surface area (Å²) in [5.74, 6) is 1.63. The van der Waals surface area contributed by atoms with Gasteiger partial charge >= 0.3 is 0 Å². The molecular formula is C14H28N2. The van der Waals surface area contributed by atoms with Gasteiger partial charge in [0.15, 0.2) is 0 Å². The van der Waals surface area contributed by atoms with Crippen LogP contribution in [0, 0.1) is 11.8 Å². The molecule has 0 aromatic heterocycles. The lowest BCUT2D eigenvalue weighted by molar-refractivity contribution is 0.0193. The summed E-state index contributed by atoms with van der Waals surface area (Å²) in [5.41, 5.74) is 0. The van der Waals surface area contributed by atoms with Gasteiger partial charge in [-0.1, -0.05) is 27.2 Å². The second kappa shape index (κ2) is 5.50. The highest BCUT2D eigenvalue weighted by atomic mass is 15.2. The van der Waals surface area contributed by atoms with Gasteiger partial charge in [-0.15, -0.1) is 0 Å². The zero-order chi connectivity index (χ0) is 11.5. The highest BCUT2D eigenvalue weighted by Crippen LogP contribution is 2.30. The minimum Gasteiger partial charge on any atom is -0.316 e. The zero-order valence-electron chi connectivity index (χ0n) is 11.2. The monoisotopic (exact) mass is 224 g/mol. The van der Waals surface area contributed by atoms with Crippen LogP contribution in [0.15, 0.2) is 0 Å². The van der Waals surface area contributed by atoms with Crippen molar-refractivity contribution in [2.45, 2.75) is 58.5 Å². The standard InChI is InChI=1S/C14H28N2/c1-4-13-7-5-6-8-16(13)14-11(2)9-15-10-12(14)3/h11-15H,4-10H2,1-3H3. The maximum absolute atomic E-state index is 3.56. The molecule has 0 bridgehead atoms. The SMILES string of the molecule is CCC1CCCCN1C1C(C)CNCC1C. The molecule has 2 nitrogen and oxygen atoms in total. The number of nitrogens with one attached hydrogen (secondary N) is 1. The Hall–Kier alpha value is -0.0800. The summed E-state index contributed by atoms with van der Waals surface area (Å²) in [4.78, 5) is 2.85. The van der Waals surface area contributed by atoms with Gasteiger partial charge in [0.25, 0.3) is 0 Å². The van der Waals surface area contributed by atoms with Gasteiger partial charge in [-0.3, -0.25) is 4.90 Å². The first-order chi connectivity index (χ1) is 7.74. The summed E-state index contributed by atoms with van der Waals surface area (Å²) in [5, 5.41) is 3.56. The van der Waals surface area contributed by atoms with Crippen LogP contribution in [-0.4, -0.2) is 36.6 Å². The van der Waals surface area contributed by atoms with Crippen molar-refractivity contribution in [3.05, 3.63) is 0 Å². The predicted octanol–water partition coefficient (Wildman–Crippen LogP) is 2.49. The summed E-state index contributed by atoms with van der Waals surface area (Å²) in [7, 11) is 0. The Morgan fingerprint density at radius 3 is 2.44 bits per heavy atom. The predicted molar refractivity (Wildman–Crippen MR) is 69.6 cm³/mol. The van der Waals surface area contributed by atoms with Gasteiger partial charge in [0.1, 0.15) is 0 Å². The Labute approximate surface area is 101 Å². The zero-order valence-corrected chi connectivity index (χ0v) is 11.2. The van der Waals surface area contributed by atoms with Crippen LogP contribution < -0.4 is 5.32 Å². The first kappa shape index (κ1) is 12.4. The number of rotatable bonds is 2. The maximum Gasteiger partial charge on any atom is 0.0174 e. The third-order valence-electron chi connectivity index (χ3n) is 4.63. The average molecular weight is 224 g/mol. The van der Waals surface area contributed by atoms with Gasteiger partial charge < -0.3 is 5.32 Å². The summed E-state index contributed by atoms with van der Waals surface area (Å²) in [6.45, 7) is 11.0. The molecule has 3 atom stereocenters. The third-order valence-corrected chi connectivity index (χ3v) is 4.63. The van der Waals surface area contributed by atoms with Crippen LogP contribution in [0.3, 0.4) is 0 Å². The number of hydrogen-bond donors (Lipinski definition) is 1. The van der Waals surface area contributed by atoms with Crippen molar-refractivity contribution in [2.75, 3.05) is 19.6 Å². The van der Waals surface area contributed by atoms with Crippen molar-refractivity contribution in [2.24, 2.45) is 11.8 Å². The van der Waals surface area contributed by atoms with E-state index in [0.717, 1.165) is 23.9 Å². The maximum atomic E-state index is 3.56. The molecule has 0 amide bonds. The molecule has 3 unspecified atom stereocenters. The van der Waals surface area contributed by atoms with Crippen molar-refractivity contribution in [3.63, 3.8) is 0 Å². The highest BCUT2D eigenvalue weighted by molar-refractivity contribution is 4.91. The summed E-state index contributed by atoms with van der Waals surface area (Å²) in [6, 6.07) is 1.69. The summed E-state index contributed by atoms with van der Waals surface area (Å²) in [6.07, 6.45) is 5.63. The van der Waals surface area contributed by atoms with E-state index in [0.29, 0.717) is 0 Å². The van der Waals surface area contributed by atoms with Crippen molar-refractivity contribution in [3.8, 4) is 0 Å². The van der Waals surface area contributed by atoms with E-state index < -0.39 is 0 Å². The molecule has 2 heterocycles. The second-order valence-corrected chi connectivity index (χ2v) is 5.90.